The maximum atomic E-state index is 14.1. The van der Waals surface area contributed by atoms with Crippen LogP contribution in [-0.4, -0.2) is 67.2 Å². The number of alkyl halides is 3. The summed E-state index contributed by atoms with van der Waals surface area (Å²) >= 11 is 0. The minimum Gasteiger partial charge on any atom is -0.390 e. The van der Waals surface area contributed by atoms with E-state index in [2.05, 4.69) is 10.6 Å². The Hall–Kier alpha value is -3.91. The maximum Gasteiger partial charge on any atom is 0.416 e. The zero-order chi connectivity index (χ0) is 36.1. The number of sulfonamides is 1. The number of halogens is 3. The fourth-order valence-electron chi connectivity index (χ4n) is 7.66. The van der Waals surface area contributed by atoms with Crippen molar-refractivity contribution in [3.05, 3.63) is 101 Å². The van der Waals surface area contributed by atoms with Gasteiger partial charge in [-0.2, -0.15) is 13.2 Å². The van der Waals surface area contributed by atoms with Crippen LogP contribution in [0.25, 0.3) is 10.9 Å². The monoisotopic (exact) mass is 724 g/mol. The third-order valence-corrected chi connectivity index (χ3v) is 13.3. The Kier molecular flexibility index (Phi) is 9.45. The van der Waals surface area contributed by atoms with E-state index in [9.17, 15) is 31.5 Å². The number of amides is 1. The Morgan fingerprint density at radius 3 is 2.53 bits per heavy atom. The second-order valence-corrected chi connectivity index (χ2v) is 16.4. The fraction of sp³-hybridized carbons (Fsp3) is 0.447. The number of carbonyl (C=O) groups excluding carboxylic acids is 1. The second-order valence-electron chi connectivity index (χ2n) is 14.1. The predicted molar refractivity (Wildman–Crippen MR) is 189 cm³/mol. The van der Waals surface area contributed by atoms with E-state index in [1.165, 1.54) is 10.4 Å². The Bertz CT molecular complexity index is 2020. The molecule has 1 spiro atoms. The van der Waals surface area contributed by atoms with Crippen LogP contribution in [0.3, 0.4) is 0 Å². The average molecular weight is 725 g/mol. The van der Waals surface area contributed by atoms with Crippen LogP contribution in [0.4, 0.5) is 18.9 Å². The molecule has 1 saturated carbocycles. The van der Waals surface area contributed by atoms with E-state index in [4.69, 9.17) is 4.74 Å². The number of aliphatic hydroxyl groups excluding tert-OH is 1. The van der Waals surface area contributed by atoms with E-state index in [0.717, 1.165) is 40.6 Å². The molecule has 13 heteroatoms. The number of aromatic nitrogens is 1. The minimum atomic E-state index is -4.51. The highest BCUT2D eigenvalue weighted by molar-refractivity contribution is 7.94. The number of hydrogen-bond acceptors (Lipinski definition) is 6. The van der Waals surface area contributed by atoms with Crippen molar-refractivity contribution in [2.24, 2.45) is 0 Å². The van der Waals surface area contributed by atoms with Crippen LogP contribution >= 0.6 is 0 Å². The van der Waals surface area contributed by atoms with Crippen LogP contribution in [0.1, 0.15) is 71.3 Å². The molecule has 3 N–H and O–H groups in total. The molecule has 1 aromatic heterocycles. The fourth-order valence-corrected chi connectivity index (χ4v) is 9.56. The lowest BCUT2D eigenvalue weighted by Crippen LogP contribution is -2.50. The summed E-state index contributed by atoms with van der Waals surface area (Å²) in [7, 11) is -2.14. The lowest BCUT2D eigenvalue weighted by Gasteiger charge is -2.30. The van der Waals surface area contributed by atoms with Gasteiger partial charge in [-0.25, -0.2) is 8.42 Å². The molecule has 1 amide bonds. The van der Waals surface area contributed by atoms with Crippen molar-refractivity contribution in [1.82, 2.24) is 15.2 Å². The Morgan fingerprint density at radius 2 is 1.86 bits per heavy atom. The van der Waals surface area contributed by atoms with Gasteiger partial charge in [-0.05, 0) is 79.5 Å². The van der Waals surface area contributed by atoms with Gasteiger partial charge >= 0.3 is 6.18 Å². The molecule has 4 atom stereocenters. The van der Waals surface area contributed by atoms with Crippen LogP contribution in [0, 0.1) is 0 Å². The summed E-state index contributed by atoms with van der Waals surface area (Å²) in [6, 6.07) is 16.5. The highest BCUT2D eigenvalue weighted by Crippen LogP contribution is 2.51. The van der Waals surface area contributed by atoms with Crippen LogP contribution in [0.2, 0.25) is 0 Å². The standard InChI is InChI=1S/C38H43F3N4O5S/c1-3-25-22-45-23-37(14-15-37)51(48,49)44(2)31-20-27(19-29(25)35(31)45)36(47)43-30(17-24-9-5-4-6-10-24)32(46)21-42-34(33-13-8-16-50-33)26-11-7-12-28(18-26)38(39,40)41/h4-7,9-12,18-20,22,30,32-34,42,46H,3,8,13-17,21,23H2,1-2H3,(H,43,47)/t30-,32+,33?,34+/m0/s1. The SMILES string of the molecule is CCc1cn2c3c(cc(C(=O)N[C@@H](Cc4ccccc4)[C@H](O)CN[C@H](c4cccc(C(F)(F)F)c4)C4CCCO4)cc13)N(C)S(=O)(=O)C1(CC1)C2. The molecule has 4 aromatic rings. The van der Waals surface area contributed by atoms with Gasteiger partial charge in [0.05, 0.1) is 41.1 Å². The molecule has 272 valence electrons. The number of carbonyl (C=O) groups is 1. The van der Waals surface area contributed by atoms with Gasteiger partial charge in [0.2, 0.25) is 10.0 Å². The van der Waals surface area contributed by atoms with Crippen LogP contribution in [-0.2, 0) is 40.3 Å². The van der Waals surface area contributed by atoms with Crippen molar-refractivity contribution < 1.29 is 36.2 Å². The van der Waals surface area contributed by atoms with Gasteiger partial charge in [0, 0.05) is 43.9 Å². The van der Waals surface area contributed by atoms with Gasteiger partial charge < -0.3 is 25.0 Å². The predicted octanol–water partition coefficient (Wildman–Crippen LogP) is 5.75. The summed E-state index contributed by atoms with van der Waals surface area (Å²) in [6.45, 7) is 2.83. The van der Waals surface area contributed by atoms with E-state index >= 15 is 0 Å². The molecule has 3 aromatic carbocycles. The van der Waals surface area contributed by atoms with E-state index in [0.29, 0.717) is 50.1 Å². The summed E-state index contributed by atoms with van der Waals surface area (Å²) in [6.07, 6.45) is -0.530. The zero-order valence-electron chi connectivity index (χ0n) is 28.6. The largest absolute Gasteiger partial charge is 0.416 e. The topological polar surface area (TPSA) is 113 Å². The lowest BCUT2D eigenvalue weighted by atomic mass is 9.96. The second kappa shape index (κ2) is 13.6. The van der Waals surface area contributed by atoms with Gasteiger partial charge in [-0.15, -0.1) is 0 Å². The molecule has 1 aliphatic carbocycles. The number of aryl methyl sites for hydroxylation is 1. The summed E-state index contributed by atoms with van der Waals surface area (Å²) in [5.41, 5.74) is 2.97. The van der Waals surface area contributed by atoms with Gasteiger partial charge in [-0.3, -0.25) is 9.10 Å². The van der Waals surface area contributed by atoms with E-state index in [-0.39, 0.29) is 18.5 Å². The number of nitrogens with one attached hydrogen (secondary N) is 2. The quantitative estimate of drug-likeness (QED) is 0.182. The van der Waals surface area contributed by atoms with Crippen molar-refractivity contribution in [1.29, 1.82) is 0 Å². The van der Waals surface area contributed by atoms with Gasteiger partial charge in [0.15, 0.2) is 0 Å². The normalized spacial score (nSPS) is 21.0. The third-order valence-electron chi connectivity index (χ3n) is 10.7. The summed E-state index contributed by atoms with van der Waals surface area (Å²) in [5, 5.41) is 18.8. The number of benzene rings is 3. The molecule has 9 nitrogen and oxygen atoms in total. The molecule has 0 radical (unpaired) electrons. The van der Waals surface area contributed by atoms with Crippen LogP contribution in [0.15, 0.2) is 72.9 Å². The molecule has 3 heterocycles. The van der Waals surface area contributed by atoms with E-state index < -0.39 is 56.7 Å². The van der Waals surface area contributed by atoms with Crippen molar-refractivity contribution in [2.75, 3.05) is 24.5 Å². The first-order valence-electron chi connectivity index (χ1n) is 17.5. The van der Waals surface area contributed by atoms with Crippen LogP contribution in [0.5, 0.6) is 0 Å². The van der Waals surface area contributed by atoms with Crippen LogP contribution < -0.4 is 14.9 Å². The van der Waals surface area contributed by atoms with Gasteiger partial charge in [-0.1, -0.05) is 49.4 Å². The van der Waals surface area contributed by atoms with E-state index in [1.807, 2.05) is 48.0 Å². The number of hydrogen-bond donors (Lipinski definition) is 3. The van der Waals surface area contributed by atoms with Crippen molar-refractivity contribution >= 4 is 32.5 Å². The highest BCUT2D eigenvalue weighted by atomic mass is 32.2. The summed E-state index contributed by atoms with van der Waals surface area (Å²) in [4.78, 5) is 14.1. The van der Waals surface area contributed by atoms with Gasteiger partial charge in [0.25, 0.3) is 5.91 Å². The zero-order valence-corrected chi connectivity index (χ0v) is 29.4. The number of aliphatic hydroxyl groups is 1. The highest BCUT2D eigenvalue weighted by Gasteiger charge is 2.58. The number of rotatable bonds is 11. The molecule has 7 rings (SSSR count). The first kappa shape index (κ1) is 35.5. The minimum absolute atomic E-state index is 0.0469. The molecule has 2 fully saturated rings. The van der Waals surface area contributed by atoms with Crippen molar-refractivity contribution in [3.63, 3.8) is 0 Å². The average Bonchev–Trinajstić information content (AvgIpc) is 3.56. The Morgan fingerprint density at radius 1 is 1.10 bits per heavy atom. The third kappa shape index (κ3) is 6.76. The molecular weight excluding hydrogens is 682 g/mol. The number of nitrogens with zero attached hydrogens (tertiary/aromatic N) is 2. The molecule has 2 aliphatic heterocycles. The number of anilines is 1. The first-order valence-corrected chi connectivity index (χ1v) is 18.9. The summed E-state index contributed by atoms with van der Waals surface area (Å²) in [5.74, 6) is -0.479. The smallest absolute Gasteiger partial charge is 0.390 e. The molecule has 1 saturated heterocycles. The maximum absolute atomic E-state index is 14.1. The molecule has 1 unspecified atom stereocenters. The Labute approximate surface area is 295 Å². The van der Waals surface area contributed by atoms with Crippen molar-refractivity contribution in [2.45, 2.75) is 87.2 Å². The van der Waals surface area contributed by atoms with Gasteiger partial charge in [0.1, 0.15) is 4.75 Å². The molecule has 3 aliphatic rings. The first-order chi connectivity index (χ1) is 24.3. The Balaban J connectivity index is 1.18. The van der Waals surface area contributed by atoms with Crippen molar-refractivity contribution in [3.8, 4) is 0 Å². The molecule has 0 bridgehead atoms. The van der Waals surface area contributed by atoms with E-state index in [1.54, 1.807) is 25.2 Å². The molecular formula is C38H43F3N4O5S. The summed E-state index contributed by atoms with van der Waals surface area (Å²) < 4.78 is 76.7. The molecule has 51 heavy (non-hydrogen) atoms. The lowest BCUT2D eigenvalue weighted by molar-refractivity contribution is -0.137. The number of ether oxygens (including phenoxy) is 1.